The predicted molar refractivity (Wildman–Crippen MR) is 66.8 cm³/mol. The Morgan fingerprint density at radius 1 is 1.47 bits per heavy atom. The summed E-state index contributed by atoms with van der Waals surface area (Å²) in [6, 6.07) is 0.688. The summed E-state index contributed by atoms with van der Waals surface area (Å²) in [5.74, 6) is -3.83. The van der Waals surface area contributed by atoms with Gasteiger partial charge in [-0.3, -0.25) is 0 Å². The lowest BCUT2D eigenvalue weighted by atomic mass is 9.85. The summed E-state index contributed by atoms with van der Waals surface area (Å²) in [6.45, 7) is 0. The summed E-state index contributed by atoms with van der Waals surface area (Å²) in [4.78, 5) is 21.8. The van der Waals surface area contributed by atoms with Gasteiger partial charge in [-0.05, 0) is 15.9 Å². The molecule has 0 spiro atoms. The summed E-state index contributed by atoms with van der Waals surface area (Å²) < 4.78 is 27.2. The first-order valence-corrected chi connectivity index (χ1v) is 6.07. The van der Waals surface area contributed by atoms with E-state index in [9.17, 15) is 18.4 Å². The highest BCUT2D eigenvalue weighted by Gasteiger charge is 2.32. The van der Waals surface area contributed by atoms with Crippen molar-refractivity contribution in [1.82, 2.24) is 0 Å². The number of benzene rings is 1. The van der Waals surface area contributed by atoms with Crippen LogP contribution in [0.3, 0.4) is 0 Å². The Labute approximate surface area is 115 Å². The van der Waals surface area contributed by atoms with E-state index in [-0.39, 0.29) is 27.7 Å². The van der Waals surface area contributed by atoms with Gasteiger partial charge >= 0.3 is 5.97 Å². The molecular formula is C12H8BrF2NO3. The Balaban J connectivity index is 2.67. The number of aldehydes is 1. The Bertz CT molecular complexity index is 601. The van der Waals surface area contributed by atoms with Crippen molar-refractivity contribution in [3.8, 4) is 0 Å². The molecule has 0 amide bonds. The first-order chi connectivity index (χ1) is 8.97. The maximum Gasteiger partial charge on any atom is 0.333 e. The number of nitrogens with one attached hydrogen (secondary N) is 1. The third-order valence-corrected chi connectivity index (χ3v) is 3.69. The zero-order valence-corrected chi connectivity index (χ0v) is 11.0. The molecule has 100 valence electrons. The third kappa shape index (κ3) is 2.25. The van der Waals surface area contributed by atoms with Crippen molar-refractivity contribution in [2.45, 2.75) is 12.3 Å². The van der Waals surface area contributed by atoms with Crippen molar-refractivity contribution in [2.75, 3.05) is 5.32 Å². The molecule has 0 fully saturated rings. The number of halogens is 3. The van der Waals surface area contributed by atoms with Crippen molar-refractivity contribution in [1.29, 1.82) is 0 Å². The summed E-state index contributed by atoms with van der Waals surface area (Å²) in [5.41, 5.74) is -0.0417. The minimum absolute atomic E-state index is 0.0230. The number of hydrogen-bond acceptors (Lipinski definition) is 3. The molecule has 2 N–H and O–H groups in total. The topological polar surface area (TPSA) is 66.4 Å². The fourth-order valence-corrected chi connectivity index (χ4v) is 2.63. The molecule has 1 atom stereocenters. The predicted octanol–water partition coefficient (Wildman–Crippen LogP) is 2.79. The summed E-state index contributed by atoms with van der Waals surface area (Å²) in [6.07, 6.45) is 1.46. The molecule has 0 aromatic heterocycles. The highest BCUT2D eigenvalue weighted by molar-refractivity contribution is 9.10. The van der Waals surface area contributed by atoms with Gasteiger partial charge < -0.3 is 15.2 Å². The molecule has 0 saturated carbocycles. The van der Waals surface area contributed by atoms with Gasteiger partial charge in [0.1, 0.15) is 17.9 Å². The number of carbonyl (C=O) groups is 2. The average molecular weight is 332 g/mol. The maximum absolute atomic E-state index is 13.7. The molecule has 0 saturated heterocycles. The van der Waals surface area contributed by atoms with Crippen LogP contribution < -0.4 is 5.32 Å². The molecule has 19 heavy (non-hydrogen) atoms. The first-order valence-electron chi connectivity index (χ1n) is 5.28. The van der Waals surface area contributed by atoms with Crippen molar-refractivity contribution in [3.05, 3.63) is 39.5 Å². The fourth-order valence-electron chi connectivity index (χ4n) is 2.05. The van der Waals surface area contributed by atoms with Crippen LogP contribution in [0.15, 0.2) is 22.3 Å². The van der Waals surface area contributed by atoms with E-state index in [0.29, 0.717) is 12.4 Å². The molecule has 0 aliphatic carbocycles. The zero-order chi connectivity index (χ0) is 14.2. The van der Waals surface area contributed by atoms with Crippen LogP contribution in [0.4, 0.5) is 14.5 Å². The van der Waals surface area contributed by atoms with E-state index >= 15 is 0 Å². The van der Waals surface area contributed by atoms with Gasteiger partial charge in [0, 0.05) is 30.2 Å². The van der Waals surface area contributed by atoms with E-state index in [2.05, 4.69) is 21.2 Å². The molecule has 1 aliphatic heterocycles. The summed E-state index contributed by atoms with van der Waals surface area (Å²) in [5, 5.41) is 11.6. The number of anilines is 1. The van der Waals surface area contributed by atoms with Crippen molar-refractivity contribution < 1.29 is 23.5 Å². The molecule has 0 bridgehead atoms. The van der Waals surface area contributed by atoms with Gasteiger partial charge in [0.05, 0.1) is 15.7 Å². The number of hydrogen-bond donors (Lipinski definition) is 2. The van der Waals surface area contributed by atoms with E-state index in [0.717, 1.165) is 6.20 Å². The Morgan fingerprint density at radius 2 is 2.16 bits per heavy atom. The molecule has 1 aromatic carbocycles. The van der Waals surface area contributed by atoms with Crippen LogP contribution in [0, 0.1) is 11.6 Å². The van der Waals surface area contributed by atoms with Gasteiger partial charge in [-0.2, -0.15) is 0 Å². The van der Waals surface area contributed by atoms with Gasteiger partial charge in [-0.1, -0.05) is 0 Å². The van der Waals surface area contributed by atoms with E-state index < -0.39 is 23.5 Å². The zero-order valence-electron chi connectivity index (χ0n) is 9.41. The molecule has 0 radical (unpaired) electrons. The molecule has 2 rings (SSSR count). The second kappa shape index (κ2) is 5.08. The lowest BCUT2D eigenvalue weighted by Gasteiger charge is -2.26. The minimum Gasteiger partial charge on any atom is -0.478 e. The van der Waals surface area contributed by atoms with Crippen LogP contribution >= 0.6 is 15.9 Å². The number of carboxylic acid groups (broad SMARTS) is 1. The molecule has 7 heteroatoms. The average Bonchev–Trinajstić information content (AvgIpc) is 2.35. The molecule has 4 nitrogen and oxygen atoms in total. The van der Waals surface area contributed by atoms with E-state index in [1.807, 2.05) is 0 Å². The SMILES string of the molecule is O=CCC1C(C(=O)O)=CNc2c(F)cc(F)c(Br)c21. The van der Waals surface area contributed by atoms with E-state index in [4.69, 9.17) is 5.11 Å². The summed E-state index contributed by atoms with van der Waals surface area (Å²) in [7, 11) is 0. The van der Waals surface area contributed by atoms with Gasteiger partial charge in [0.2, 0.25) is 0 Å². The van der Waals surface area contributed by atoms with E-state index in [1.165, 1.54) is 0 Å². The lowest BCUT2D eigenvalue weighted by molar-refractivity contribution is -0.133. The summed E-state index contributed by atoms with van der Waals surface area (Å²) >= 11 is 2.97. The molecule has 1 aliphatic rings. The smallest absolute Gasteiger partial charge is 0.333 e. The second-order valence-corrected chi connectivity index (χ2v) is 4.74. The minimum atomic E-state index is -1.25. The number of carboxylic acids is 1. The highest BCUT2D eigenvalue weighted by atomic mass is 79.9. The first kappa shape index (κ1) is 13.7. The van der Waals surface area contributed by atoms with Gasteiger partial charge in [-0.25, -0.2) is 13.6 Å². The number of aliphatic carboxylic acids is 1. The van der Waals surface area contributed by atoms with Crippen LogP contribution in [0.25, 0.3) is 0 Å². The lowest BCUT2D eigenvalue weighted by Crippen LogP contribution is -2.20. The largest absolute Gasteiger partial charge is 0.478 e. The van der Waals surface area contributed by atoms with Crippen LogP contribution in [-0.4, -0.2) is 17.4 Å². The monoisotopic (exact) mass is 331 g/mol. The standard InChI is InChI=1S/C12H8BrF2NO3/c13-10-7(14)3-8(15)11-9(10)5(1-2-17)6(4-16-11)12(18)19/h2-5,16H,1H2,(H,18,19). The van der Waals surface area contributed by atoms with Gasteiger partial charge in [-0.15, -0.1) is 0 Å². The molecule has 1 aromatic rings. The molecule has 1 heterocycles. The normalized spacial score (nSPS) is 17.2. The molecule has 1 unspecified atom stereocenters. The Morgan fingerprint density at radius 3 is 2.74 bits per heavy atom. The quantitative estimate of drug-likeness (QED) is 0.660. The fraction of sp³-hybridized carbons (Fsp3) is 0.167. The van der Waals surface area contributed by atoms with Crippen LogP contribution in [-0.2, 0) is 9.59 Å². The van der Waals surface area contributed by atoms with Gasteiger partial charge in [0.25, 0.3) is 0 Å². The molecular weight excluding hydrogens is 324 g/mol. The number of carbonyl (C=O) groups excluding carboxylic acids is 1. The van der Waals surface area contributed by atoms with Crippen molar-refractivity contribution >= 4 is 33.9 Å². The van der Waals surface area contributed by atoms with Crippen LogP contribution in [0.1, 0.15) is 17.9 Å². The highest BCUT2D eigenvalue weighted by Crippen LogP contribution is 2.43. The van der Waals surface area contributed by atoms with E-state index in [1.54, 1.807) is 0 Å². The second-order valence-electron chi connectivity index (χ2n) is 3.95. The number of rotatable bonds is 3. The third-order valence-electron chi connectivity index (χ3n) is 2.88. The Hall–Kier alpha value is -1.76. The van der Waals surface area contributed by atoms with Crippen molar-refractivity contribution in [2.24, 2.45) is 0 Å². The maximum atomic E-state index is 13.7. The van der Waals surface area contributed by atoms with Crippen LogP contribution in [0.2, 0.25) is 0 Å². The Kier molecular flexibility index (Phi) is 3.66. The van der Waals surface area contributed by atoms with Gasteiger partial charge in [0.15, 0.2) is 0 Å². The number of fused-ring (bicyclic) bond motifs is 1. The van der Waals surface area contributed by atoms with Crippen molar-refractivity contribution in [3.63, 3.8) is 0 Å². The van der Waals surface area contributed by atoms with Crippen LogP contribution in [0.5, 0.6) is 0 Å².